The zero-order chi connectivity index (χ0) is 11.7. The molecular weight excluding hydrogens is 216 g/mol. The topological polar surface area (TPSA) is 36.3 Å². The fourth-order valence-electron chi connectivity index (χ4n) is 1.73. The second-order valence-electron chi connectivity index (χ2n) is 3.93. The SMILES string of the molecule is Cc1cnn(-c2ccc(C3OC=CO3)cc2)c1. The minimum absolute atomic E-state index is 0.316. The summed E-state index contributed by atoms with van der Waals surface area (Å²) in [6.07, 6.45) is 6.61. The molecule has 2 heterocycles. The molecule has 0 saturated carbocycles. The predicted molar refractivity (Wildman–Crippen MR) is 62.4 cm³/mol. The van der Waals surface area contributed by atoms with E-state index < -0.39 is 0 Å². The highest BCUT2D eigenvalue weighted by Crippen LogP contribution is 2.24. The molecule has 0 aliphatic carbocycles. The number of aryl methyl sites for hydroxylation is 1. The number of hydrogen-bond donors (Lipinski definition) is 0. The summed E-state index contributed by atoms with van der Waals surface area (Å²) in [6.45, 7) is 2.02. The molecule has 1 aromatic carbocycles. The summed E-state index contributed by atoms with van der Waals surface area (Å²) >= 11 is 0. The third kappa shape index (κ3) is 1.89. The summed E-state index contributed by atoms with van der Waals surface area (Å²) in [6, 6.07) is 7.94. The average Bonchev–Trinajstić information content (AvgIpc) is 3.00. The molecule has 3 rings (SSSR count). The van der Waals surface area contributed by atoms with Crippen LogP contribution in [0.25, 0.3) is 5.69 Å². The van der Waals surface area contributed by atoms with Gasteiger partial charge in [0.15, 0.2) is 0 Å². The molecule has 0 bridgehead atoms. The van der Waals surface area contributed by atoms with E-state index in [2.05, 4.69) is 5.10 Å². The third-order valence-electron chi connectivity index (χ3n) is 2.60. The number of benzene rings is 1. The Morgan fingerprint density at radius 2 is 1.82 bits per heavy atom. The van der Waals surface area contributed by atoms with Crippen molar-refractivity contribution in [3.63, 3.8) is 0 Å². The number of hydrogen-bond acceptors (Lipinski definition) is 3. The standard InChI is InChI=1S/C13H12N2O2/c1-10-8-14-15(9-10)12-4-2-11(3-5-12)13-16-6-7-17-13/h2-9,13H,1H3. The first-order valence-electron chi connectivity index (χ1n) is 5.40. The van der Waals surface area contributed by atoms with Gasteiger partial charge in [0.2, 0.25) is 0 Å². The van der Waals surface area contributed by atoms with Crippen molar-refractivity contribution in [1.82, 2.24) is 9.78 Å². The molecule has 0 amide bonds. The summed E-state index contributed by atoms with van der Waals surface area (Å²) in [5, 5.41) is 4.26. The Morgan fingerprint density at radius 3 is 2.41 bits per heavy atom. The van der Waals surface area contributed by atoms with Crippen molar-refractivity contribution >= 4 is 0 Å². The second-order valence-corrected chi connectivity index (χ2v) is 3.93. The lowest BCUT2D eigenvalue weighted by molar-refractivity contribution is -0.0245. The zero-order valence-electron chi connectivity index (χ0n) is 9.41. The Labute approximate surface area is 99.1 Å². The predicted octanol–water partition coefficient (Wildman–Crippen LogP) is 2.70. The normalized spacial score (nSPS) is 14.6. The van der Waals surface area contributed by atoms with Gasteiger partial charge in [0.25, 0.3) is 6.29 Å². The summed E-state index contributed by atoms with van der Waals surface area (Å²) < 4.78 is 12.4. The molecule has 1 aliphatic heterocycles. The average molecular weight is 228 g/mol. The maximum absolute atomic E-state index is 5.26. The van der Waals surface area contributed by atoms with Crippen LogP contribution in [0, 0.1) is 6.92 Å². The van der Waals surface area contributed by atoms with Crippen molar-refractivity contribution in [2.45, 2.75) is 13.2 Å². The highest BCUT2D eigenvalue weighted by atomic mass is 16.7. The molecule has 0 N–H and O–H groups in total. The van der Waals surface area contributed by atoms with Gasteiger partial charge in [0.1, 0.15) is 12.5 Å². The van der Waals surface area contributed by atoms with E-state index in [9.17, 15) is 0 Å². The molecule has 17 heavy (non-hydrogen) atoms. The molecule has 2 aromatic rings. The Bertz CT molecular complexity index is 535. The fourth-order valence-corrected chi connectivity index (χ4v) is 1.73. The molecule has 0 saturated heterocycles. The van der Waals surface area contributed by atoms with Gasteiger partial charge in [0.05, 0.1) is 11.9 Å². The number of aromatic nitrogens is 2. The van der Waals surface area contributed by atoms with Gasteiger partial charge in [-0.2, -0.15) is 5.10 Å². The van der Waals surface area contributed by atoms with Crippen LogP contribution in [0.5, 0.6) is 0 Å². The van der Waals surface area contributed by atoms with Crippen LogP contribution in [0.2, 0.25) is 0 Å². The number of ether oxygens (including phenoxy) is 2. The maximum Gasteiger partial charge on any atom is 0.266 e. The van der Waals surface area contributed by atoms with E-state index in [0.717, 1.165) is 16.8 Å². The second kappa shape index (κ2) is 3.97. The maximum atomic E-state index is 5.26. The third-order valence-corrected chi connectivity index (χ3v) is 2.60. The van der Waals surface area contributed by atoms with Gasteiger partial charge < -0.3 is 9.47 Å². The minimum atomic E-state index is -0.316. The van der Waals surface area contributed by atoms with E-state index in [1.54, 1.807) is 12.5 Å². The largest absolute Gasteiger partial charge is 0.455 e. The van der Waals surface area contributed by atoms with Crippen LogP contribution in [0.15, 0.2) is 49.2 Å². The molecule has 0 unspecified atom stereocenters. The van der Waals surface area contributed by atoms with E-state index in [-0.39, 0.29) is 6.29 Å². The van der Waals surface area contributed by atoms with Crippen LogP contribution in [-0.4, -0.2) is 9.78 Å². The van der Waals surface area contributed by atoms with Crippen molar-refractivity contribution in [1.29, 1.82) is 0 Å². The summed E-state index contributed by atoms with van der Waals surface area (Å²) in [7, 11) is 0. The van der Waals surface area contributed by atoms with E-state index >= 15 is 0 Å². The minimum Gasteiger partial charge on any atom is -0.455 e. The molecule has 0 radical (unpaired) electrons. The van der Waals surface area contributed by atoms with E-state index in [4.69, 9.17) is 9.47 Å². The lowest BCUT2D eigenvalue weighted by Crippen LogP contribution is -1.99. The summed E-state index contributed by atoms with van der Waals surface area (Å²) in [5.74, 6) is 0. The van der Waals surface area contributed by atoms with Crippen LogP contribution in [0.4, 0.5) is 0 Å². The zero-order valence-corrected chi connectivity index (χ0v) is 9.41. The number of nitrogens with zero attached hydrogens (tertiary/aromatic N) is 2. The van der Waals surface area contributed by atoms with Crippen molar-refractivity contribution < 1.29 is 9.47 Å². The van der Waals surface area contributed by atoms with Gasteiger partial charge in [-0.15, -0.1) is 0 Å². The lowest BCUT2D eigenvalue weighted by atomic mass is 10.2. The first kappa shape index (κ1) is 9.96. The Hall–Kier alpha value is -2.23. The van der Waals surface area contributed by atoms with E-state index in [0.29, 0.717) is 0 Å². The Kier molecular flexibility index (Phi) is 2.33. The van der Waals surface area contributed by atoms with E-state index in [1.807, 2.05) is 48.3 Å². The quantitative estimate of drug-likeness (QED) is 0.792. The van der Waals surface area contributed by atoms with Gasteiger partial charge in [-0.3, -0.25) is 0 Å². The van der Waals surface area contributed by atoms with Gasteiger partial charge in [-0.05, 0) is 36.8 Å². The van der Waals surface area contributed by atoms with Crippen LogP contribution in [0.3, 0.4) is 0 Å². The van der Waals surface area contributed by atoms with Gasteiger partial charge in [-0.25, -0.2) is 4.68 Å². The van der Waals surface area contributed by atoms with Crippen molar-refractivity contribution in [3.8, 4) is 5.69 Å². The highest BCUT2D eigenvalue weighted by Gasteiger charge is 2.14. The molecule has 4 nitrogen and oxygen atoms in total. The summed E-state index contributed by atoms with van der Waals surface area (Å²) in [4.78, 5) is 0. The highest BCUT2D eigenvalue weighted by molar-refractivity contribution is 5.35. The first-order valence-corrected chi connectivity index (χ1v) is 5.40. The van der Waals surface area contributed by atoms with E-state index in [1.165, 1.54) is 0 Å². The molecule has 0 atom stereocenters. The fraction of sp³-hybridized carbons (Fsp3) is 0.154. The van der Waals surface area contributed by atoms with Crippen molar-refractivity contribution in [2.75, 3.05) is 0 Å². The Morgan fingerprint density at radius 1 is 1.12 bits per heavy atom. The van der Waals surface area contributed by atoms with Crippen LogP contribution >= 0.6 is 0 Å². The lowest BCUT2D eigenvalue weighted by Gasteiger charge is -2.10. The molecule has 1 aromatic heterocycles. The monoisotopic (exact) mass is 228 g/mol. The molecule has 0 fully saturated rings. The molecular formula is C13H12N2O2. The first-order chi connectivity index (χ1) is 8.33. The van der Waals surface area contributed by atoms with Crippen molar-refractivity contribution in [3.05, 3.63) is 60.3 Å². The Balaban J connectivity index is 1.84. The molecule has 4 heteroatoms. The number of rotatable bonds is 2. The van der Waals surface area contributed by atoms with Crippen LogP contribution < -0.4 is 0 Å². The van der Waals surface area contributed by atoms with Crippen LogP contribution in [0.1, 0.15) is 17.4 Å². The summed E-state index contributed by atoms with van der Waals surface area (Å²) in [5.41, 5.74) is 3.15. The van der Waals surface area contributed by atoms with Crippen molar-refractivity contribution in [2.24, 2.45) is 0 Å². The molecule has 86 valence electrons. The van der Waals surface area contributed by atoms with Gasteiger partial charge >= 0.3 is 0 Å². The van der Waals surface area contributed by atoms with Gasteiger partial charge in [-0.1, -0.05) is 0 Å². The molecule has 1 aliphatic rings. The molecule has 0 spiro atoms. The van der Waals surface area contributed by atoms with Crippen LogP contribution in [-0.2, 0) is 9.47 Å². The van der Waals surface area contributed by atoms with Gasteiger partial charge in [0, 0.05) is 11.8 Å². The smallest absolute Gasteiger partial charge is 0.266 e.